The van der Waals surface area contributed by atoms with Gasteiger partial charge in [-0.2, -0.15) is 5.10 Å². The van der Waals surface area contributed by atoms with Gasteiger partial charge in [0.2, 0.25) is 5.91 Å². The van der Waals surface area contributed by atoms with E-state index < -0.39 is 0 Å². The van der Waals surface area contributed by atoms with Crippen LogP contribution in [0.5, 0.6) is 0 Å². The zero-order chi connectivity index (χ0) is 19.7. The maximum absolute atomic E-state index is 12.8. The maximum Gasteiger partial charge on any atom is 0.251 e. The van der Waals surface area contributed by atoms with Crippen LogP contribution in [0, 0.1) is 27.7 Å². The molecule has 0 saturated heterocycles. The molecule has 0 fully saturated rings. The number of aromatic nitrogens is 4. The standard InChI is InChI=1S/C20H25N5O2/c1-12-10-13(2)22-20(21-12)25-15(4)17(14(3)23-25)11-19(26)24(6)16(5)18-8-7-9-27-18/h7-10,16H,11H2,1-6H3. The fourth-order valence-corrected chi connectivity index (χ4v) is 3.14. The van der Waals surface area contributed by atoms with Crippen LogP contribution in [0.4, 0.5) is 0 Å². The molecular formula is C20H25N5O2. The van der Waals surface area contributed by atoms with Crippen molar-refractivity contribution in [2.24, 2.45) is 0 Å². The van der Waals surface area contributed by atoms with Crippen molar-refractivity contribution in [3.63, 3.8) is 0 Å². The summed E-state index contributed by atoms with van der Waals surface area (Å²) in [7, 11) is 1.79. The van der Waals surface area contributed by atoms with Crippen molar-refractivity contribution in [3.05, 3.63) is 58.6 Å². The Kier molecular flexibility index (Phi) is 5.12. The van der Waals surface area contributed by atoms with E-state index in [1.807, 2.05) is 52.8 Å². The first kappa shape index (κ1) is 18.8. The number of nitrogens with zero attached hydrogens (tertiary/aromatic N) is 5. The van der Waals surface area contributed by atoms with E-state index in [0.29, 0.717) is 5.95 Å². The summed E-state index contributed by atoms with van der Waals surface area (Å²) in [6, 6.07) is 5.49. The first-order valence-corrected chi connectivity index (χ1v) is 8.94. The Morgan fingerprint density at radius 2 is 1.89 bits per heavy atom. The zero-order valence-electron chi connectivity index (χ0n) is 16.6. The Labute approximate surface area is 159 Å². The molecule has 0 radical (unpaired) electrons. The molecule has 1 unspecified atom stereocenters. The van der Waals surface area contributed by atoms with E-state index >= 15 is 0 Å². The lowest BCUT2D eigenvalue weighted by molar-refractivity contribution is -0.131. The number of likely N-dealkylation sites (N-methyl/N-ethyl adjacent to an activating group) is 1. The van der Waals surface area contributed by atoms with E-state index in [9.17, 15) is 4.79 Å². The van der Waals surface area contributed by atoms with Crippen LogP contribution < -0.4 is 0 Å². The molecule has 3 aromatic rings. The van der Waals surface area contributed by atoms with Gasteiger partial charge in [0.15, 0.2) is 0 Å². The fourth-order valence-electron chi connectivity index (χ4n) is 3.14. The summed E-state index contributed by atoms with van der Waals surface area (Å²) < 4.78 is 7.14. The zero-order valence-corrected chi connectivity index (χ0v) is 16.6. The van der Waals surface area contributed by atoms with Crippen molar-refractivity contribution in [2.45, 2.75) is 47.1 Å². The number of furan rings is 1. The number of aryl methyl sites for hydroxylation is 3. The predicted octanol–water partition coefficient (Wildman–Crippen LogP) is 3.25. The van der Waals surface area contributed by atoms with Gasteiger partial charge in [0.1, 0.15) is 5.76 Å². The highest BCUT2D eigenvalue weighted by atomic mass is 16.3. The Morgan fingerprint density at radius 3 is 2.48 bits per heavy atom. The van der Waals surface area contributed by atoms with Crippen LogP contribution in [-0.2, 0) is 11.2 Å². The summed E-state index contributed by atoms with van der Waals surface area (Å²) in [5, 5.41) is 4.57. The van der Waals surface area contributed by atoms with Gasteiger partial charge in [-0.15, -0.1) is 0 Å². The van der Waals surface area contributed by atoms with Gasteiger partial charge in [0, 0.05) is 29.7 Å². The monoisotopic (exact) mass is 367 g/mol. The molecule has 1 atom stereocenters. The second kappa shape index (κ2) is 7.34. The van der Waals surface area contributed by atoms with Crippen molar-refractivity contribution in [3.8, 4) is 5.95 Å². The highest BCUT2D eigenvalue weighted by Gasteiger charge is 2.23. The van der Waals surface area contributed by atoms with E-state index in [4.69, 9.17) is 4.42 Å². The number of carbonyl (C=O) groups is 1. The van der Waals surface area contributed by atoms with Gasteiger partial charge >= 0.3 is 0 Å². The summed E-state index contributed by atoms with van der Waals surface area (Å²) >= 11 is 0. The van der Waals surface area contributed by atoms with Gasteiger partial charge in [0.05, 0.1) is 24.4 Å². The van der Waals surface area contributed by atoms with Crippen LogP contribution in [-0.4, -0.2) is 37.6 Å². The molecular weight excluding hydrogens is 342 g/mol. The van der Waals surface area contributed by atoms with Crippen molar-refractivity contribution < 1.29 is 9.21 Å². The van der Waals surface area contributed by atoms with Crippen molar-refractivity contribution in [2.75, 3.05) is 7.05 Å². The highest BCUT2D eigenvalue weighted by Crippen LogP contribution is 2.22. The third-order valence-electron chi connectivity index (χ3n) is 4.86. The van der Waals surface area contributed by atoms with E-state index in [-0.39, 0.29) is 18.4 Å². The van der Waals surface area contributed by atoms with E-state index in [2.05, 4.69) is 15.1 Å². The Morgan fingerprint density at radius 1 is 1.22 bits per heavy atom. The number of hydrogen-bond acceptors (Lipinski definition) is 5. The number of hydrogen-bond donors (Lipinski definition) is 0. The van der Waals surface area contributed by atoms with Gasteiger partial charge in [-0.1, -0.05) is 0 Å². The predicted molar refractivity (Wildman–Crippen MR) is 102 cm³/mol. The van der Waals surface area contributed by atoms with Gasteiger partial charge in [-0.25, -0.2) is 14.6 Å². The third-order valence-corrected chi connectivity index (χ3v) is 4.86. The summed E-state index contributed by atoms with van der Waals surface area (Å²) in [5.74, 6) is 1.30. The summed E-state index contributed by atoms with van der Waals surface area (Å²) in [4.78, 5) is 23.5. The molecule has 0 bridgehead atoms. The molecule has 142 valence electrons. The number of carbonyl (C=O) groups excluding carboxylic acids is 1. The molecule has 0 aliphatic heterocycles. The van der Waals surface area contributed by atoms with Crippen LogP contribution in [0.25, 0.3) is 5.95 Å². The lowest BCUT2D eigenvalue weighted by Gasteiger charge is -2.23. The average molecular weight is 367 g/mol. The molecule has 0 aliphatic carbocycles. The van der Waals surface area contributed by atoms with Crippen LogP contribution in [0.1, 0.15) is 47.1 Å². The molecule has 1 amide bonds. The molecule has 0 aromatic carbocycles. The third kappa shape index (κ3) is 3.77. The molecule has 27 heavy (non-hydrogen) atoms. The van der Waals surface area contributed by atoms with Crippen molar-refractivity contribution in [1.82, 2.24) is 24.6 Å². The lowest BCUT2D eigenvalue weighted by Crippen LogP contribution is -2.31. The van der Waals surface area contributed by atoms with Gasteiger partial charge < -0.3 is 9.32 Å². The first-order valence-electron chi connectivity index (χ1n) is 8.94. The van der Waals surface area contributed by atoms with Crippen LogP contribution in [0.2, 0.25) is 0 Å². The fraction of sp³-hybridized carbons (Fsp3) is 0.400. The molecule has 3 heterocycles. The maximum atomic E-state index is 12.8. The van der Waals surface area contributed by atoms with Crippen LogP contribution >= 0.6 is 0 Å². The van der Waals surface area contributed by atoms with Gasteiger partial charge in [-0.05, 0) is 52.8 Å². The molecule has 0 spiro atoms. The largest absolute Gasteiger partial charge is 0.467 e. The molecule has 7 nitrogen and oxygen atoms in total. The smallest absolute Gasteiger partial charge is 0.251 e. The Bertz CT molecular complexity index is 939. The van der Waals surface area contributed by atoms with E-state index in [1.165, 1.54) is 0 Å². The van der Waals surface area contributed by atoms with E-state index in [1.54, 1.807) is 22.9 Å². The molecule has 0 aliphatic rings. The second-order valence-electron chi connectivity index (χ2n) is 6.88. The normalized spacial score (nSPS) is 12.2. The van der Waals surface area contributed by atoms with Crippen LogP contribution in [0.15, 0.2) is 28.9 Å². The number of amides is 1. The van der Waals surface area contributed by atoms with Crippen LogP contribution in [0.3, 0.4) is 0 Å². The van der Waals surface area contributed by atoms with Gasteiger partial charge in [-0.3, -0.25) is 4.79 Å². The van der Waals surface area contributed by atoms with Gasteiger partial charge in [0.25, 0.3) is 5.95 Å². The second-order valence-corrected chi connectivity index (χ2v) is 6.88. The topological polar surface area (TPSA) is 77.0 Å². The lowest BCUT2D eigenvalue weighted by atomic mass is 10.1. The van der Waals surface area contributed by atoms with Crippen molar-refractivity contribution in [1.29, 1.82) is 0 Å². The summed E-state index contributed by atoms with van der Waals surface area (Å²) in [5.41, 5.74) is 4.36. The minimum atomic E-state index is -0.133. The molecule has 7 heteroatoms. The Balaban J connectivity index is 1.85. The minimum Gasteiger partial charge on any atom is -0.467 e. The SMILES string of the molecule is Cc1cc(C)nc(-n2nc(C)c(CC(=O)N(C)C(C)c3ccco3)c2C)n1. The summed E-state index contributed by atoms with van der Waals surface area (Å²) in [6.07, 6.45) is 1.89. The van der Waals surface area contributed by atoms with Crippen molar-refractivity contribution >= 4 is 5.91 Å². The quantitative estimate of drug-likeness (QED) is 0.692. The molecule has 3 aromatic heterocycles. The first-order chi connectivity index (χ1) is 12.8. The van der Waals surface area contributed by atoms with E-state index in [0.717, 1.165) is 34.1 Å². The number of rotatable bonds is 5. The minimum absolute atomic E-state index is 0.00555. The molecule has 3 rings (SSSR count). The highest BCUT2D eigenvalue weighted by molar-refractivity contribution is 5.79. The molecule has 0 N–H and O–H groups in total. The molecule has 0 saturated carbocycles. The summed E-state index contributed by atoms with van der Waals surface area (Å²) in [6.45, 7) is 9.66. The Hall–Kier alpha value is -2.96. The average Bonchev–Trinajstić information content (AvgIpc) is 3.23.